The van der Waals surface area contributed by atoms with Gasteiger partial charge >= 0.3 is 5.97 Å². The summed E-state index contributed by atoms with van der Waals surface area (Å²) in [5, 5.41) is 0. The number of ether oxygens (including phenoxy) is 3. The molecule has 0 bridgehead atoms. The van der Waals surface area contributed by atoms with Crippen molar-refractivity contribution in [3.63, 3.8) is 0 Å². The van der Waals surface area contributed by atoms with Gasteiger partial charge in [0.2, 0.25) is 0 Å². The van der Waals surface area contributed by atoms with Gasteiger partial charge in [0.25, 0.3) is 5.56 Å². The van der Waals surface area contributed by atoms with Gasteiger partial charge < -0.3 is 18.8 Å². The third-order valence-electron chi connectivity index (χ3n) is 6.85. The zero-order chi connectivity index (χ0) is 25.8. The Balaban J connectivity index is 1.59. The Morgan fingerprint density at radius 3 is 2.42 bits per heavy atom. The number of pyridine rings is 1. The van der Waals surface area contributed by atoms with Crippen LogP contribution in [0.1, 0.15) is 38.3 Å². The van der Waals surface area contributed by atoms with Gasteiger partial charge in [-0.2, -0.15) is 0 Å². The molecule has 2 heterocycles. The molecule has 4 rings (SSSR count). The molecule has 36 heavy (non-hydrogen) atoms. The minimum Gasteiger partial charge on any atom is -0.496 e. The van der Waals surface area contributed by atoms with Crippen LogP contribution in [0.4, 0.5) is 4.39 Å². The Morgan fingerprint density at radius 1 is 0.972 bits per heavy atom. The van der Waals surface area contributed by atoms with Crippen LogP contribution in [-0.2, 0) is 30.9 Å². The monoisotopic (exact) mass is 494 g/mol. The van der Waals surface area contributed by atoms with Crippen molar-refractivity contribution in [3.8, 4) is 11.5 Å². The highest BCUT2D eigenvalue weighted by molar-refractivity contribution is 5.93. The van der Waals surface area contributed by atoms with Crippen molar-refractivity contribution in [2.45, 2.75) is 40.0 Å². The van der Waals surface area contributed by atoms with Gasteiger partial charge in [0.15, 0.2) is 0 Å². The SMILES string of the molecule is COC(=O)c1c(OCc2ccc(F)cc2)cc(=O)n2c1CCN(Cc1ccc(OC)c(C)c1C)CC2. The topological polar surface area (TPSA) is 70.0 Å². The molecule has 1 aromatic heterocycles. The molecule has 2 aromatic carbocycles. The summed E-state index contributed by atoms with van der Waals surface area (Å²) < 4.78 is 31.3. The standard InChI is InChI=1S/C28H31FN2O5/c1-18-19(2)24(34-3)10-7-21(18)16-30-12-11-23-27(28(33)35-4)25(15-26(32)31(23)14-13-30)36-17-20-5-8-22(29)9-6-20/h5-10,15H,11-14,16-17H2,1-4H3. The van der Waals surface area contributed by atoms with Crippen molar-refractivity contribution in [3.05, 3.63) is 92.1 Å². The quantitative estimate of drug-likeness (QED) is 0.462. The largest absolute Gasteiger partial charge is 0.496 e. The van der Waals surface area contributed by atoms with Crippen LogP contribution in [0.25, 0.3) is 0 Å². The lowest BCUT2D eigenvalue weighted by Crippen LogP contribution is -2.29. The van der Waals surface area contributed by atoms with Crippen molar-refractivity contribution >= 4 is 5.97 Å². The van der Waals surface area contributed by atoms with Crippen LogP contribution < -0.4 is 15.0 Å². The van der Waals surface area contributed by atoms with E-state index in [-0.39, 0.29) is 29.3 Å². The summed E-state index contributed by atoms with van der Waals surface area (Å²) in [7, 11) is 2.98. The summed E-state index contributed by atoms with van der Waals surface area (Å²) in [6, 6.07) is 11.3. The van der Waals surface area contributed by atoms with Crippen molar-refractivity contribution < 1.29 is 23.4 Å². The van der Waals surface area contributed by atoms with Crippen molar-refractivity contribution in [1.82, 2.24) is 9.47 Å². The number of hydrogen-bond donors (Lipinski definition) is 0. The van der Waals surface area contributed by atoms with Gasteiger partial charge in [-0.1, -0.05) is 18.2 Å². The maximum atomic E-state index is 13.2. The first kappa shape index (κ1) is 25.4. The fourth-order valence-electron chi connectivity index (χ4n) is 4.61. The minimum atomic E-state index is -0.553. The Hall–Kier alpha value is -3.65. The number of aromatic nitrogens is 1. The lowest BCUT2D eigenvalue weighted by Gasteiger charge is -2.22. The zero-order valence-corrected chi connectivity index (χ0v) is 21.1. The summed E-state index contributed by atoms with van der Waals surface area (Å²) in [6.45, 7) is 6.72. The normalized spacial score (nSPS) is 13.6. The maximum absolute atomic E-state index is 13.2. The van der Waals surface area contributed by atoms with E-state index in [4.69, 9.17) is 14.2 Å². The first-order chi connectivity index (χ1) is 17.3. The molecule has 0 spiro atoms. The fraction of sp³-hybridized carbons (Fsp3) is 0.357. The van der Waals surface area contributed by atoms with Crippen LogP contribution >= 0.6 is 0 Å². The first-order valence-electron chi connectivity index (χ1n) is 11.9. The smallest absolute Gasteiger partial charge is 0.343 e. The number of fused-ring (bicyclic) bond motifs is 1. The van der Waals surface area contributed by atoms with E-state index in [2.05, 4.69) is 17.9 Å². The number of rotatable bonds is 7. The first-order valence-corrected chi connectivity index (χ1v) is 11.9. The summed E-state index contributed by atoms with van der Waals surface area (Å²) in [6.07, 6.45) is 0.488. The highest BCUT2D eigenvalue weighted by Crippen LogP contribution is 2.27. The number of esters is 1. The van der Waals surface area contributed by atoms with Gasteiger partial charge in [0.05, 0.1) is 14.2 Å². The van der Waals surface area contributed by atoms with Crippen LogP contribution in [0.5, 0.6) is 11.5 Å². The Morgan fingerprint density at radius 2 is 1.72 bits per heavy atom. The molecule has 0 saturated heterocycles. The Kier molecular flexibility index (Phi) is 7.74. The molecule has 0 radical (unpaired) electrons. The molecule has 8 heteroatoms. The van der Waals surface area contributed by atoms with Gasteiger partial charge in [0, 0.05) is 44.4 Å². The third kappa shape index (κ3) is 5.28. The summed E-state index contributed by atoms with van der Waals surface area (Å²) in [5.41, 5.74) is 4.85. The number of halogens is 1. The molecule has 0 saturated carbocycles. The van der Waals surface area contributed by atoms with Gasteiger partial charge in [-0.05, 0) is 54.3 Å². The lowest BCUT2D eigenvalue weighted by molar-refractivity contribution is 0.0592. The molecule has 1 aliphatic rings. The minimum absolute atomic E-state index is 0.0926. The predicted molar refractivity (Wildman–Crippen MR) is 134 cm³/mol. The molecule has 1 aliphatic heterocycles. The highest BCUT2D eigenvalue weighted by atomic mass is 19.1. The molecule has 0 aliphatic carbocycles. The van der Waals surface area contributed by atoms with Crippen molar-refractivity contribution in [2.75, 3.05) is 27.3 Å². The molecule has 0 unspecified atom stereocenters. The second-order valence-electron chi connectivity index (χ2n) is 8.93. The number of carbonyl (C=O) groups excluding carboxylic acids is 1. The fourth-order valence-corrected chi connectivity index (χ4v) is 4.61. The molecule has 3 aromatic rings. The van der Waals surface area contributed by atoms with E-state index in [0.29, 0.717) is 31.7 Å². The summed E-state index contributed by atoms with van der Waals surface area (Å²) in [4.78, 5) is 28.1. The number of hydrogen-bond acceptors (Lipinski definition) is 6. The Labute approximate surface area is 210 Å². The van der Waals surface area contributed by atoms with Crippen molar-refractivity contribution in [1.29, 1.82) is 0 Å². The molecule has 7 nitrogen and oxygen atoms in total. The molecular weight excluding hydrogens is 463 g/mol. The average molecular weight is 495 g/mol. The third-order valence-corrected chi connectivity index (χ3v) is 6.85. The second kappa shape index (κ2) is 11.0. The van der Waals surface area contributed by atoms with E-state index < -0.39 is 5.97 Å². The van der Waals surface area contributed by atoms with Gasteiger partial charge in [-0.3, -0.25) is 9.69 Å². The number of carbonyl (C=O) groups is 1. The van der Waals surface area contributed by atoms with Crippen LogP contribution in [0.2, 0.25) is 0 Å². The van der Waals surface area contributed by atoms with Crippen LogP contribution in [-0.4, -0.2) is 42.7 Å². The predicted octanol–water partition coefficient (Wildman–Crippen LogP) is 4.04. The number of benzene rings is 2. The second-order valence-corrected chi connectivity index (χ2v) is 8.93. The molecule has 0 fully saturated rings. The van der Waals surface area contributed by atoms with E-state index >= 15 is 0 Å². The number of methoxy groups -OCH3 is 2. The van der Waals surface area contributed by atoms with E-state index in [1.54, 1.807) is 23.8 Å². The van der Waals surface area contributed by atoms with Gasteiger partial charge in [-0.25, -0.2) is 9.18 Å². The summed E-state index contributed by atoms with van der Waals surface area (Å²) >= 11 is 0. The molecule has 0 atom stereocenters. The summed E-state index contributed by atoms with van der Waals surface area (Å²) in [5.74, 6) is 0.143. The van der Waals surface area contributed by atoms with Gasteiger partial charge in [0.1, 0.15) is 29.5 Å². The molecule has 0 N–H and O–H groups in total. The highest BCUT2D eigenvalue weighted by Gasteiger charge is 2.26. The van der Waals surface area contributed by atoms with E-state index in [1.807, 2.05) is 13.0 Å². The molecule has 190 valence electrons. The molecule has 0 amide bonds. The van der Waals surface area contributed by atoms with Gasteiger partial charge in [-0.15, -0.1) is 0 Å². The van der Waals surface area contributed by atoms with E-state index in [0.717, 1.165) is 23.4 Å². The number of nitrogens with zero attached hydrogens (tertiary/aromatic N) is 2. The lowest BCUT2D eigenvalue weighted by atomic mass is 10.0. The Bertz CT molecular complexity index is 1320. The van der Waals surface area contributed by atoms with Crippen LogP contribution in [0.3, 0.4) is 0 Å². The van der Waals surface area contributed by atoms with Crippen LogP contribution in [0.15, 0.2) is 47.3 Å². The van der Waals surface area contributed by atoms with Crippen LogP contribution in [0, 0.1) is 19.7 Å². The van der Waals surface area contributed by atoms with Crippen molar-refractivity contribution in [2.24, 2.45) is 0 Å². The van der Waals surface area contributed by atoms with E-state index in [9.17, 15) is 14.0 Å². The average Bonchev–Trinajstić information content (AvgIpc) is 3.09. The van der Waals surface area contributed by atoms with E-state index in [1.165, 1.54) is 36.4 Å². The zero-order valence-electron chi connectivity index (χ0n) is 21.1. The molecular formula is C28H31FN2O5. The maximum Gasteiger partial charge on any atom is 0.343 e.